The highest BCUT2D eigenvalue weighted by Crippen LogP contribution is 2.39. The lowest BCUT2D eigenvalue weighted by molar-refractivity contribution is 0.0995. The van der Waals surface area contributed by atoms with Crippen molar-refractivity contribution >= 4 is 11.6 Å². The first kappa shape index (κ1) is 15.4. The Bertz CT molecular complexity index is 693. The molecule has 122 valence electrons. The number of carbonyl (C=O) groups is 1. The van der Waals surface area contributed by atoms with E-state index in [9.17, 15) is 9.90 Å². The van der Waals surface area contributed by atoms with E-state index in [2.05, 4.69) is 5.32 Å². The summed E-state index contributed by atoms with van der Waals surface area (Å²) in [6, 6.07) is 6.61. The highest BCUT2D eigenvalue weighted by atomic mass is 16.6. The number of carbonyl (C=O) groups excluding carboxylic acids is 1. The topological polar surface area (TPSA) is 80.9 Å². The van der Waals surface area contributed by atoms with Crippen LogP contribution in [0.2, 0.25) is 0 Å². The number of ether oxygens (including phenoxy) is 2. The van der Waals surface area contributed by atoms with Gasteiger partial charge in [0.25, 0.3) is 5.91 Å². The smallest absolute Gasteiger partial charge is 0.291 e. The fourth-order valence-corrected chi connectivity index (χ4v) is 2.41. The molecule has 23 heavy (non-hydrogen) atoms. The van der Waals surface area contributed by atoms with Crippen LogP contribution in [0.3, 0.4) is 0 Å². The van der Waals surface area contributed by atoms with Gasteiger partial charge >= 0.3 is 0 Å². The van der Waals surface area contributed by atoms with Crippen molar-refractivity contribution in [3.05, 3.63) is 41.9 Å². The summed E-state index contributed by atoms with van der Waals surface area (Å²) >= 11 is 0. The SMILES string of the molecule is CC(C)[C@H](O)c1cc2c(cc1NC(=O)c1ccco1)OCCO2. The third-order valence-electron chi connectivity index (χ3n) is 3.66. The number of rotatable bonds is 4. The zero-order valence-electron chi connectivity index (χ0n) is 13.0. The molecule has 6 heteroatoms. The van der Waals surface area contributed by atoms with Crippen molar-refractivity contribution in [2.75, 3.05) is 18.5 Å². The summed E-state index contributed by atoms with van der Waals surface area (Å²) in [5, 5.41) is 13.2. The fraction of sp³-hybridized carbons (Fsp3) is 0.353. The highest BCUT2D eigenvalue weighted by molar-refractivity contribution is 6.02. The molecule has 0 radical (unpaired) electrons. The minimum Gasteiger partial charge on any atom is -0.486 e. The number of aliphatic hydroxyl groups excluding tert-OH is 1. The Morgan fingerprint density at radius 3 is 2.52 bits per heavy atom. The maximum atomic E-state index is 12.2. The van der Waals surface area contributed by atoms with Gasteiger partial charge in [-0.05, 0) is 24.1 Å². The summed E-state index contributed by atoms with van der Waals surface area (Å²) in [4.78, 5) is 12.2. The molecule has 2 aromatic rings. The van der Waals surface area contributed by atoms with E-state index in [0.29, 0.717) is 36.0 Å². The predicted octanol–water partition coefficient (Wildman–Crippen LogP) is 2.99. The second kappa shape index (κ2) is 6.34. The molecule has 6 nitrogen and oxygen atoms in total. The molecule has 1 aromatic carbocycles. The zero-order valence-corrected chi connectivity index (χ0v) is 13.0. The summed E-state index contributed by atoms with van der Waals surface area (Å²) in [6.07, 6.45) is 0.695. The van der Waals surface area contributed by atoms with E-state index in [4.69, 9.17) is 13.9 Å². The van der Waals surface area contributed by atoms with Crippen LogP contribution in [0.5, 0.6) is 11.5 Å². The van der Waals surface area contributed by atoms with Gasteiger partial charge in [0, 0.05) is 11.6 Å². The van der Waals surface area contributed by atoms with Crippen molar-refractivity contribution in [2.45, 2.75) is 20.0 Å². The number of benzene rings is 1. The summed E-state index contributed by atoms with van der Waals surface area (Å²) in [7, 11) is 0. The van der Waals surface area contributed by atoms with Crippen LogP contribution in [-0.4, -0.2) is 24.2 Å². The first-order valence-electron chi connectivity index (χ1n) is 7.52. The standard InChI is InChI=1S/C17H19NO5/c1-10(2)16(19)11-8-14-15(23-7-6-22-14)9-12(11)18-17(20)13-4-3-5-21-13/h3-5,8-10,16,19H,6-7H2,1-2H3,(H,18,20)/t16-/m0/s1. The molecule has 1 aliphatic rings. The molecule has 2 N–H and O–H groups in total. The number of nitrogens with one attached hydrogen (secondary N) is 1. The Morgan fingerprint density at radius 2 is 1.91 bits per heavy atom. The molecule has 0 bridgehead atoms. The molecule has 1 atom stereocenters. The Labute approximate surface area is 134 Å². The van der Waals surface area contributed by atoms with Crippen molar-refractivity contribution in [1.29, 1.82) is 0 Å². The molecule has 2 heterocycles. The molecule has 0 aliphatic carbocycles. The van der Waals surface area contributed by atoms with Crippen LogP contribution >= 0.6 is 0 Å². The van der Waals surface area contributed by atoms with Gasteiger partial charge in [-0.15, -0.1) is 0 Å². The van der Waals surface area contributed by atoms with E-state index in [1.807, 2.05) is 13.8 Å². The lowest BCUT2D eigenvalue weighted by Gasteiger charge is -2.24. The van der Waals surface area contributed by atoms with E-state index >= 15 is 0 Å². The van der Waals surface area contributed by atoms with Gasteiger partial charge in [-0.1, -0.05) is 13.8 Å². The first-order chi connectivity index (χ1) is 11.1. The number of hydrogen-bond acceptors (Lipinski definition) is 5. The van der Waals surface area contributed by atoms with Crippen molar-refractivity contribution in [2.24, 2.45) is 5.92 Å². The van der Waals surface area contributed by atoms with Crippen LogP contribution in [0.25, 0.3) is 0 Å². The molecule has 0 saturated heterocycles. The van der Waals surface area contributed by atoms with Gasteiger partial charge in [0.05, 0.1) is 18.1 Å². The average Bonchev–Trinajstić information content (AvgIpc) is 3.08. The number of anilines is 1. The van der Waals surface area contributed by atoms with E-state index in [1.165, 1.54) is 6.26 Å². The number of fused-ring (bicyclic) bond motifs is 1. The van der Waals surface area contributed by atoms with Crippen molar-refractivity contribution < 1.29 is 23.8 Å². The van der Waals surface area contributed by atoms with Gasteiger partial charge in [0.2, 0.25) is 0 Å². The van der Waals surface area contributed by atoms with Crippen molar-refractivity contribution in [1.82, 2.24) is 0 Å². The normalized spacial score (nSPS) is 14.6. The third kappa shape index (κ3) is 3.17. The monoisotopic (exact) mass is 317 g/mol. The van der Waals surface area contributed by atoms with Crippen LogP contribution in [0.4, 0.5) is 5.69 Å². The second-order valence-corrected chi connectivity index (χ2v) is 5.70. The van der Waals surface area contributed by atoms with Gasteiger partial charge in [0.15, 0.2) is 17.3 Å². The Kier molecular flexibility index (Phi) is 4.25. The summed E-state index contributed by atoms with van der Waals surface area (Å²) in [5.74, 6) is 0.915. The Balaban J connectivity index is 1.97. The largest absolute Gasteiger partial charge is 0.486 e. The van der Waals surface area contributed by atoms with Crippen molar-refractivity contribution in [3.63, 3.8) is 0 Å². The summed E-state index contributed by atoms with van der Waals surface area (Å²) < 4.78 is 16.2. The van der Waals surface area contributed by atoms with Crippen LogP contribution in [0, 0.1) is 5.92 Å². The van der Waals surface area contributed by atoms with Crippen LogP contribution in [0.15, 0.2) is 34.9 Å². The molecule has 0 fully saturated rings. The molecule has 3 rings (SSSR count). The molecular formula is C17H19NO5. The zero-order chi connectivity index (χ0) is 16.4. The molecule has 0 spiro atoms. The number of furan rings is 1. The highest BCUT2D eigenvalue weighted by Gasteiger charge is 2.23. The quantitative estimate of drug-likeness (QED) is 0.906. The minimum absolute atomic E-state index is 0.0168. The molecule has 0 saturated carbocycles. The third-order valence-corrected chi connectivity index (χ3v) is 3.66. The summed E-state index contributed by atoms with van der Waals surface area (Å²) in [6.45, 7) is 4.71. The first-order valence-corrected chi connectivity index (χ1v) is 7.52. The lowest BCUT2D eigenvalue weighted by atomic mass is 9.96. The van der Waals surface area contributed by atoms with Crippen molar-refractivity contribution in [3.8, 4) is 11.5 Å². The van der Waals surface area contributed by atoms with Crippen LogP contribution in [-0.2, 0) is 0 Å². The number of amides is 1. The summed E-state index contributed by atoms with van der Waals surface area (Å²) in [5.41, 5.74) is 1.07. The van der Waals surface area contributed by atoms with Gasteiger partial charge < -0.3 is 24.3 Å². The predicted molar refractivity (Wildman–Crippen MR) is 83.9 cm³/mol. The molecule has 1 aromatic heterocycles. The van der Waals surface area contributed by atoms with Gasteiger partial charge in [0.1, 0.15) is 13.2 Å². The molecule has 1 aliphatic heterocycles. The second-order valence-electron chi connectivity index (χ2n) is 5.70. The lowest BCUT2D eigenvalue weighted by Crippen LogP contribution is -2.19. The molecule has 0 unspecified atom stereocenters. The maximum absolute atomic E-state index is 12.2. The molecular weight excluding hydrogens is 298 g/mol. The van der Waals surface area contributed by atoms with E-state index < -0.39 is 6.10 Å². The number of aliphatic hydroxyl groups is 1. The van der Waals surface area contributed by atoms with Gasteiger partial charge in [-0.3, -0.25) is 4.79 Å². The van der Waals surface area contributed by atoms with E-state index in [-0.39, 0.29) is 17.6 Å². The van der Waals surface area contributed by atoms with Crippen LogP contribution in [0.1, 0.15) is 36.1 Å². The van der Waals surface area contributed by atoms with Crippen LogP contribution < -0.4 is 14.8 Å². The fourth-order valence-electron chi connectivity index (χ4n) is 2.41. The molecule has 1 amide bonds. The maximum Gasteiger partial charge on any atom is 0.291 e. The minimum atomic E-state index is -0.738. The number of hydrogen-bond donors (Lipinski definition) is 2. The van der Waals surface area contributed by atoms with Gasteiger partial charge in [-0.2, -0.15) is 0 Å². The van der Waals surface area contributed by atoms with E-state index in [1.54, 1.807) is 24.3 Å². The van der Waals surface area contributed by atoms with E-state index in [0.717, 1.165) is 0 Å². The van der Waals surface area contributed by atoms with Gasteiger partial charge in [-0.25, -0.2) is 0 Å². The Hall–Kier alpha value is -2.47. The Morgan fingerprint density at radius 1 is 1.22 bits per heavy atom. The average molecular weight is 317 g/mol.